The average molecular weight is 354 g/mol. The second kappa shape index (κ2) is 8.32. The molecule has 0 N–H and O–H groups in total. The van der Waals surface area contributed by atoms with Crippen LogP contribution in [0.5, 0.6) is 0 Å². The van der Waals surface area contributed by atoms with E-state index in [2.05, 4.69) is 39.9 Å². The lowest BCUT2D eigenvalue weighted by Gasteiger charge is -2.34. The van der Waals surface area contributed by atoms with Crippen molar-refractivity contribution in [2.45, 2.75) is 19.8 Å². The molecule has 1 fully saturated rings. The molecule has 1 aromatic carbocycles. The summed E-state index contributed by atoms with van der Waals surface area (Å²) in [6, 6.07) is 10.5. The number of hydrogen-bond donors (Lipinski definition) is 0. The number of nitriles is 1. The molecule has 0 radical (unpaired) electrons. The fourth-order valence-corrected chi connectivity index (χ4v) is 3.87. The van der Waals surface area contributed by atoms with E-state index in [4.69, 9.17) is 5.26 Å². The highest BCUT2D eigenvalue weighted by molar-refractivity contribution is 8.18. The zero-order valence-corrected chi connectivity index (χ0v) is 15.3. The maximum atomic E-state index is 12.2. The van der Waals surface area contributed by atoms with Gasteiger partial charge in [-0.25, -0.2) is 0 Å². The van der Waals surface area contributed by atoms with Gasteiger partial charge >= 0.3 is 0 Å². The number of amidine groups is 1. The van der Waals surface area contributed by atoms with E-state index in [9.17, 15) is 4.79 Å². The summed E-state index contributed by atoms with van der Waals surface area (Å²) in [5, 5.41) is 9.48. The Kier molecular flexibility index (Phi) is 5.90. The highest BCUT2D eigenvalue weighted by atomic mass is 32.2. The first-order valence-corrected chi connectivity index (χ1v) is 9.47. The van der Waals surface area contributed by atoms with Crippen molar-refractivity contribution in [1.29, 1.82) is 5.26 Å². The lowest BCUT2D eigenvalue weighted by atomic mass is 10.1. The zero-order valence-electron chi connectivity index (χ0n) is 14.4. The number of thioether (sulfide) groups is 1. The first-order chi connectivity index (χ1) is 12.2. The molecule has 3 rings (SSSR count). The molecule has 25 heavy (non-hydrogen) atoms. The van der Waals surface area contributed by atoms with Gasteiger partial charge in [0.1, 0.15) is 0 Å². The summed E-state index contributed by atoms with van der Waals surface area (Å²) in [7, 11) is 0. The third kappa shape index (κ3) is 4.50. The van der Waals surface area contributed by atoms with Crippen LogP contribution in [0.1, 0.15) is 24.5 Å². The minimum absolute atomic E-state index is 0.147. The molecule has 0 bridgehead atoms. The van der Waals surface area contributed by atoms with Crippen LogP contribution in [0.15, 0.2) is 34.2 Å². The molecule has 2 aliphatic rings. The Morgan fingerprint density at radius 3 is 2.60 bits per heavy atom. The molecule has 6 heteroatoms. The molecular weight excluding hydrogens is 332 g/mol. The lowest BCUT2D eigenvalue weighted by molar-refractivity contribution is -0.113. The van der Waals surface area contributed by atoms with Crippen molar-refractivity contribution < 1.29 is 4.79 Å². The number of aryl methyl sites for hydroxylation is 1. The van der Waals surface area contributed by atoms with Crippen LogP contribution in [0.3, 0.4) is 0 Å². The van der Waals surface area contributed by atoms with E-state index in [-0.39, 0.29) is 5.91 Å². The van der Waals surface area contributed by atoms with Gasteiger partial charge in [-0.2, -0.15) is 10.3 Å². The Hall–Kier alpha value is -2.10. The maximum Gasteiger partial charge on any atom is 0.286 e. The van der Waals surface area contributed by atoms with Gasteiger partial charge in [0.05, 0.1) is 11.0 Å². The van der Waals surface area contributed by atoms with Crippen molar-refractivity contribution in [3.8, 4) is 6.07 Å². The Morgan fingerprint density at radius 2 is 1.96 bits per heavy atom. The highest BCUT2D eigenvalue weighted by Gasteiger charge is 2.28. The van der Waals surface area contributed by atoms with Gasteiger partial charge in [-0.3, -0.25) is 9.69 Å². The minimum Gasteiger partial charge on any atom is -0.348 e. The zero-order chi connectivity index (χ0) is 17.6. The molecular formula is C19H22N4OS. The van der Waals surface area contributed by atoms with Crippen LogP contribution in [0.4, 0.5) is 0 Å². The smallest absolute Gasteiger partial charge is 0.286 e. The Labute approximate surface area is 153 Å². The van der Waals surface area contributed by atoms with Crippen LogP contribution in [-0.2, 0) is 11.2 Å². The third-order valence-corrected chi connectivity index (χ3v) is 5.52. The second-order valence-corrected chi connectivity index (χ2v) is 7.15. The van der Waals surface area contributed by atoms with E-state index in [1.54, 1.807) is 0 Å². The normalized spacial score (nSPS) is 20.0. The van der Waals surface area contributed by atoms with Crippen LogP contribution < -0.4 is 0 Å². The third-order valence-electron chi connectivity index (χ3n) is 4.48. The summed E-state index contributed by atoms with van der Waals surface area (Å²) in [6.45, 7) is 6.47. The van der Waals surface area contributed by atoms with Gasteiger partial charge < -0.3 is 4.90 Å². The van der Waals surface area contributed by atoms with Crippen LogP contribution in [0.25, 0.3) is 6.08 Å². The minimum atomic E-state index is -0.147. The number of carbonyl (C=O) groups is 1. The van der Waals surface area contributed by atoms with E-state index in [1.807, 2.05) is 18.2 Å². The number of benzene rings is 1. The number of rotatable bonds is 4. The van der Waals surface area contributed by atoms with E-state index >= 15 is 0 Å². The lowest BCUT2D eigenvalue weighted by Crippen LogP contribution is -2.47. The van der Waals surface area contributed by atoms with Crippen molar-refractivity contribution in [3.63, 3.8) is 0 Å². The van der Waals surface area contributed by atoms with Crippen molar-refractivity contribution in [1.82, 2.24) is 9.80 Å². The van der Waals surface area contributed by atoms with E-state index < -0.39 is 0 Å². The molecule has 2 heterocycles. The van der Waals surface area contributed by atoms with Gasteiger partial charge in [0.15, 0.2) is 5.17 Å². The van der Waals surface area contributed by atoms with Crippen molar-refractivity contribution >= 4 is 28.9 Å². The summed E-state index contributed by atoms with van der Waals surface area (Å²) < 4.78 is 0. The molecule has 1 saturated heterocycles. The molecule has 2 aliphatic heterocycles. The fraction of sp³-hybridized carbons (Fsp3) is 0.421. The number of piperazine rings is 1. The quantitative estimate of drug-likeness (QED) is 0.778. The maximum absolute atomic E-state index is 12.2. The van der Waals surface area contributed by atoms with E-state index in [0.717, 1.165) is 49.9 Å². The van der Waals surface area contributed by atoms with Crippen molar-refractivity contribution in [2.75, 3.05) is 32.7 Å². The number of carbonyl (C=O) groups excluding carboxylic acids is 1. The number of aliphatic imine (C=N–C) groups is 1. The molecule has 5 nitrogen and oxygen atoms in total. The average Bonchev–Trinajstić information content (AvgIpc) is 3.01. The summed E-state index contributed by atoms with van der Waals surface area (Å²) >= 11 is 1.47. The van der Waals surface area contributed by atoms with Crippen molar-refractivity contribution in [2.24, 2.45) is 4.99 Å². The van der Waals surface area contributed by atoms with Gasteiger partial charge in [-0.15, -0.1) is 0 Å². The standard InChI is InChI=1S/C19H22N4OS/c1-2-15-4-6-16(7-5-15)14-17-18(24)21-19(25-17)23-12-10-22(11-13-23)9-3-8-20/h4-7,14H,2-3,9-13H2,1H3/b17-14-. The highest BCUT2D eigenvalue weighted by Crippen LogP contribution is 2.30. The predicted molar refractivity (Wildman–Crippen MR) is 102 cm³/mol. The van der Waals surface area contributed by atoms with Crippen LogP contribution in [0, 0.1) is 11.3 Å². The molecule has 0 aliphatic carbocycles. The van der Waals surface area contributed by atoms with Gasteiger partial charge in [-0.05, 0) is 35.4 Å². The summed E-state index contributed by atoms with van der Waals surface area (Å²) in [5.74, 6) is -0.147. The second-order valence-electron chi connectivity index (χ2n) is 6.14. The molecule has 0 unspecified atom stereocenters. The number of nitrogens with zero attached hydrogens (tertiary/aromatic N) is 4. The van der Waals surface area contributed by atoms with Crippen molar-refractivity contribution in [3.05, 3.63) is 40.3 Å². The SMILES string of the molecule is CCc1ccc(/C=C2\SC(N3CCN(CCC#N)CC3)=NC2=O)cc1. The summed E-state index contributed by atoms with van der Waals surface area (Å²) in [4.78, 5) is 21.6. The fourth-order valence-electron chi connectivity index (χ4n) is 2.91. The number of hydrogen-bond acceptors (Lipinski definition) is 5. The molecule has 0 atom stereocenters. The molecule has 0 saturated carbocycles. The molecule has 130 valence electrons. The first kappa shape index (κ1) is 17.7. The molecule has 0 spiro atoms. The van der Waals surface area contributed by atoms with Crippen LogP contribution in [0.2, 0.25) is 0 Å². The topological polar surface area (TPSA) is 59.7 Å². The summed E-state index contributed by atoms with van der Waals surface area (Å²) in [5.41, 5.74) is 2.32. The predicted octanol–water partition coefficient (Wildman–Crippen LogP) is 2.75. The largest absolute Gasteiger partial charge is 0.348 e. The molecule has 1 aromatic rings. The van der Waals surface area contributed by atoms with Crippen LogP contribution in [-0.4, -0.2) is 53.6 Å². The van der Waals surface area contributed by atoms with Crippen LogP contribution >= 0.6 is 11.8 Å². The Bertz CT molecular complexity index is 725. The Morgan fingerprint density at radius 1 is 1.24 bits per heavy atom. The molecule has 1 amide bonds. The van der Waals surface area contributed by atoms with Gasteiger partial charge in [0.25, 0.3) is 5.91 Å². The van der Waals surface area contributed by atoms with E-state index in [1.165, 1.54) is 17.3 Å². The number of amides is 1. The first-order valence-electron chi connectivity index (χ1n) is 8.65. The van der Waals surface area contributed by atoms with Gasteiger partial charge in [0, 0.05) is 39.1 Å². The van der Waals surface area contributed by atoms with E-state index in [0.29, 0.717) is 11.3 Å². The summed E-state index contributed by atoms with van der Waals surface area (Å²) in [6.07, 6.45) is 3.50. The van der Waals surface area contributed by atoms with Gasteiger partial charge in [0.2, 0.25) is 0 Å². The Balaban J connectivity index is 1.59. The monoisotopic (exact) mass is 354 g/mol. The van der Waals surface area contributed by atoms with Gasteiger partial charge in [-0.1, -0.05) is 31.2 Å². The molecule has 0 aromatic heterocycles.